The molecule has 0 spiro atoms. The Kier molecular flexibility index (Phi) is 4.89. The fourth-order valence-electron chi connectivity index (χ4n) is 2.00. The van der Waals surface area contributed by atoms with E-state index in [1.165, 1.54) is 5.56 Å². The molecule has 19 heavy (non-hydrogen) atoms. The number of nitrogens with two attached hydrogens (primary N) is 1. The van der Waals surface area contributed by atoms with Gasteiger partial charge in [-0.05, 0) is 24.2 Å². The maximum atomic E-state index is 5.41. The number of nitrogens with one attached hydrogen (secondary N) is 1. The van der Waals surface area contributed by atoms with E-state index in [1.54, 1.807) is 6.20 Å². The van der Waals surface area contributed by atoms with Crippen molar-refractivity contribution in [3.63, 3.8) is 0 Å². The maximum absolute atomic E-state index is 5.41. The van der Waals surface area contributed by atoms with E-state index in [2.05, 4.69) is 46.5 Å². The summed E-state index contributed by atoms with van der Waals surface area (Å²) in [6.07, 6.45) is 1.78. The van der Waals surface area contributed by atoms with Gasteiger partial charge in [-0.1, -0.05) is 37.3 Å². The largest absolute Gasteiger partial charge is 0.324 e. The monoisotopic (exact) mass is 256 g/mol. The molecule has 1 aromatic heterocycles. The standard InChI is InChI=1S/C15H20N4/c1-2-19(11-13-6-4-3-5-7-13)12-15-10-14(18-16)8-9-17-15/h3-10H,2,11-12,16H2,1H3,(H,17,18). The number of hydrazine groups is 1. The van der Waals surface area contributed by atoms with Gasteiger partial charge in [0.05, 0.1) is 11.4 Å². The number of benzene rings is 1. The molecule has 0 saturated carbocycles. The average Bonchev–Trinajstić information content (AvgIpc) is 2.48. The van der Waals surface area contributed by atoms with E-state index < -0.39 is 0 Å². The number of aromatic nitrogens is 1. The normalized spacial score (nSPS) is 10.7. The smallest absolute Gasteiger partial charge is 0.0565 e. The molecule has 1 heterocycles. The lowest BCUT2D eigenvalue weighted by Gasteiger charge is -2.20. The van der Waals surface area contributed by atoms with Gasteiger partial charge < -0.3 is 5.43 Å². The summed E-state index contributed by atoms with van der Waals surface area (Å²) in [5.41, 5.74) is 5.88. The highest BCUT2D eigenvalue weighted by Crippen LogP contribution is 2.11. The molecule has 4 nitrogen and oxygen atoms in total. The van der Waals surface area contributed by atoms with Crippen molar-refractivity contribution in [2.45, 2.75) is 20.0 Å². The topological polar surface area (TPSA) is 54.2 Å². The summed E-state index contributed by atoms with van der Waals surface area (Å²) in [6, 6.07) is 14.3. The molecule has 0 unspecified atom stereocenters. The van der Waals surface area contributed by atoms with E-state index in [1.807, 2.05) is 18.2 Å². The molecule has 4 heteroatoms. The van der Waals surface area contributed by atoms with Crippen molar-refractivity contribution in [2.75, 3.05) is 12.0 Å². The van der Waals surface area contributed by atoms with E-state index in [-0.39, 0.29) is 0 Å². The second kappa shape index (κ2) is 6.87. The number of nitrogens with zero attached hydrogens (tertiary/aromatic N) is 2. The fraction of sp³-hybridized carbons (Fsp3) is 0.267. The highest BCUT2D eigenvalue weighted by Gasteiger charge is 2.06. The molecule has 0 fully saturated rings. The fourth-order valence-corrected chi connectivity index (χ4v) is 2.00. The molecule has 0 atom stereocenters. The van der Waals surface area contributed by atoms with Gasteiger partial charge in [-0.3, -0.25) is 15.7 Å². The molecule has 1 aromatic carbocycles. The van der Waals surface area contributed by atoms with E-state index in [0.29, 0.717) is 0 Å². The first kappa shape index (κ1) is 13.5. The van der Waals surface area contributed by atoms with Crippen LogP contribution in [0.2, 0.25) is 0 Å². The third-order valence-corrected chi connectivity index (χ3v) is 3.07. The van der Waals surface area contributed by atoms with Crippen LogP contribution in [0, 0.1) is 0 Å². The van der Waals surface area contributed by atoms with Gasteiger partial charge in [0.2, 0.25) is 0 Å². The Bertz CT molecular complexity index is 499. The zero-order valence-electron chi connectivity index (χ0n) is 11.2. The Morgan fingerprint density at radius 1 is 1.16 bits per heavy atom. The lowest BCUT2D eigenvalue weighted by Crippen LogP contribution is -2.23. The van der Waals surface area contributed by atoms with Gasteiger partial charge in [0.25, 0.3) is 0 Å². The molecule has 100 valence electrons. The molecular formula is C15H20N4. The van der Waals surface area contributed by atoms with Crippen LogP contribution in [0.5, 0.6) is 0 Å². The minimum Gasteiger partial charge on any atom is -0.324 e. The summed E-state index contributed by atoms with van der Waals surface area (Å²) >= 11 is 0. The van der Waals surface area contributed by atoms with Crippen LogP contribution in [0.1, 0.15) is 18.2 Å². The predicted octanol–water partition coefficient (Wildman–Crippen LogP) is 2.39. The summed E-state index contributed by atoms with van der Waals surface area (Å²) in [7, 11) is 0. The zero-order valence-corrected chi connectivity index (χ0v) is 11.2. The molecule has 0 aliphatic carbocycles. The molecule has 0 saturated heterocycles. The minimum absolute atomic E-state index is 0.820. The molecule has 0 aliphatic heterocycles. The highest BCUT2D eigenvalue weighted by molar-refractivity contribution is 5.41. The van der Waals surface area contributed by atoms with E-state index in [4.69, 9.17) is 5.84 Å². The molecule has 3 N–H and O–H groups in total. The van der Waals surface area contributed by atoms with Gasteiger partial charge in [0, 0.05) is 19.3 Å². The quantitative estimate of drug-likeness (QED) is 0.615. The zero-order chi connectivity index (χ0) is 13.5. The van der Waals surface area contributed by atoms with Crippen LogP contribution in [-0.4, -0.2) is 16.4 Å². The summed E-state index contributed by atoms with van der Waals surface area (Å²) < 4.78 is 0. The van der Waals surface area contributed by atoms with Crippen LogP contribution in [0.4, 0.5) is 5.69 Å². The van der Waals surface area contributed by atoms with Crippen molar-refractivity contribution >= 4 is 5.69 Å². The Hall–Kier alpha value is -1.91. The van der Waals surface area contributed by atoms with Gasteiger partial charge >= 0.3 is 0 Å². The van der Waals surface area contributed by atoms with Gasteiger partial charge in [0.1, 0.15) is 0 Å². The summed E-state index contributed by atoms with van der Waals surface area (Å²) in [6.45, 7) is 4.89. The maximum Gasteiger partial charge on any atom is 0.0565 e. The van der Waals surface area contributed by atoms with Crippen molar-refractivity contribution in [2.24, 2.45) is 5.84 Å². The number of rotatable bonds is 6. The van der Waals surface area contributed by atoms with E-state index in [9.17, 15) is 0 Å². The second-order valence-corrected chi connectivity index (χ2v) is 4.47. The van der Waals surface area contributed by atoms with Crippen molar-refractivity contribution in [1.29, 1.82) is 0 Å². The SMILES string of the molecule is CCN(Cc1ccccc1)Cc1cc(NN)ccn1. The van der Waals surface area contributed by atoms with Crippen molar-refractivity contribution in [1.82, 2.24) is 9.88 Å². The first-order valence-electron chi connectivity index (χ1n) is 6.49. The third kappa shape index (κ3) is 4.05. The number of nitrogen functional groups attached to an aromatic ring is 1. The van der Waals surface area contributed by atoms with Crippen LogP contribution in [0.25, 0.3) is 0 Å². The molecule has 0 bridgehead atoms. The van der Waals surface area contributed by atoms with Crippen molar-refractivity contribution in [3.05, 3.63) is 59.9 Å². The molecule has 0 aliphatic rings. The predicted molar refractivity (Wildman–Crippen MR) is 78.3 cm³/mol. The Morgan fingerprint density at radius 2 is 1.95 bits per heavy atom. The van der Waals surface area contributed by atoms with Crippen LogP contribution >= 0.6 is 0 Å². The Morgan fingerprint density at radius 3 is 2.63 bits per heavy atom. The lowest BCUT2D eigenvalue weighted by atomic mass is 10.2. The molecule has 0 amide bonds. The van der Waals surface area contributed by atoms with Gasteiger partial charge in [-0.15, -0.1) is 0 Å². The first-order valence-corrected chi connectivity index (χ1v) is 6.49. The van der Waals surface area contributed by atoms with Crippen molar-refractivity contribution in [3.8, 4) is 0 Å². The summed E-state index contributed by atoms with van der Waals surface area (Å²) in [5.74, 6) is 5.41. The van der Waals surface area contributed by atoms with Crippen molar-refractivity contribution < 1.29 is 0 Å². The minimum atomic E-state index is 0.820. The molecule has 2 aromatic rings. The average molecular weight is 256 g/mol. The van der Waals surface area contributed by atoms with Crippen LogP contribution in [-0.2, 0) is 13.1 Å². The molecule has 0 radical (unpaired) electrons. The van der Waals surface area contributed by atoms with Gasteiger partial charge in [-0.25, -0.2) is 0 Å². The van der Waals surface area contributed by atoms with Gasteiger partial charge in [0.15, 0.2) is 0 Å². The Labute approximate surface area is 114 Å². The van der Waals surface area contributed by atoms with E-state index in [0.717, 1.165) is 31.0 Å². The molecule has 2 rings (SSSR count). The van der Waals surface area contributed by atoms with Crippen LogP contribution in [0.3, 0.4) is 0 Å². The number of anilines is 1. The number of hydrogen-bond donors (Lipinski definition) is 2. The number of pyridine rings is 1. The van der Waals surface area contributed by atoms with Gasteiger partial charge in [-0.2, -0.15) is 0 Å². The number of hydrogen-bond acceptors (Lipinski definition) is 4. The second-order valence-electron chi connectivity index (χ2n) is 4.47. The first-order chi connectivity index (χ1) is 9.31. The van der Waals surface area contributed by atoms with E-state index >= 15 is 0 Å². The van der Waals surface area contributed by atoms with Crippen LogP contribution in [0.15, 0.2) is 48.7 Å². The summed E-state index contributed by atoms with van der Waals surface area (Å²) in [5, 5.41) is 0. The lowest BCUT2D eigenvalue weighted by molar-refractivity contribution is 0.268. The summed E-state index contributed by atoms with van der Waals surface area (Å²) in [4.78, 5) is 6.72. The Balaban J connectivity index is 2.02. The van der Waals surface area contributed by atoms with Crippen LogP contribution < -0.4 is 11.3 Å². The third-order valence-electron chi connectivity index (χ3n) is 3.07. The highest BCUT2D eigenvalue weighted by atomic mass is 15.2. The molecular weight excluding hydrogens is 236 g/mol.